The number of halogens is 1. The van der Waals surface area contributed by atoms with Crippen molar-refractivity contribution < 1.29 is 9.30 Å². The van der Waals surface area contributed by atoms with Crippen LogP contribution in [0.5, 0.6) is 5.75 Å². The molecule has 0 bridgehead atoms. The number of ether oxygens (including phenoxy) is 1. The molecular weight excluding hydrogens is 515 g/mol. The average Bonchev–Trinajstić information content (AvgIpc) is 3.14. The third kappa shape index (κ3) is 4.77. The fraction of sp³-hybridized carbons (Fsp3) is 0.192. The van der Waals surface area contributed by atoms with Crippen molar-refractivity contribution in [3.63, 3.8) is 0 Å². The molecule has 0 radical (unpaired) electrons. The van der Waals surface area contributed by atoms with Crippen LogP contribution in [0.25, 0.3) is 21.9 Å². The highest BCUT2D eigenvalue weighted by Crippen LogP contribution is 2.31. The predicted octanol–water partition coefficient (Wildman–Crippen LogP) is 6.63. The summed E-state index contributed by atoms with van der Waals surface area (Å²) in [5, 5.41) is 1.23. The highest BCUT2D eigenvalue weighted by atomic mass is 127. The van der Waals surface area contributed by atoms with Crippen LogP contribution < -0.4 is 14.2 Å². The van der Waals surface area contributed by atoms with E-state index in [-0.39, 0.29) is 0 Å². The maximum absolute atomic E-state index is 5.72. The highest BCUT2D eigenvalue weighted by Gasteiger charge is 2.20. The second kappa shape index (κ2) is 9.83. The lowest BCUT2D eigenvalue weighted by Gasteiger charge is -2.14. The zero-order valence-corrected chi connectivity index (χ0v) is 21.0. The van der Waals surface area contributed by atoms with Gasteiger partial charge in [-0.1, -0.05) is 53.8 Å². The Morgan fingerprint density at radius 1 is 1.00 bits per heavy atom. The molecule has 5 heteroatoms. The Labute approximate surface area is 201 Å². The molecule has 4 aromatic rings. The molecule has 0 saturated carbocycles. The van der Waals surface area contributed by atoms with Crippen molar-refractivity contribution in [2.75, 3.05) is 25.6 Å². The normalized spacial score (nSPS) is 11.7. The van der Waals surface area contributed by atoms with E-state index in [4.69, 9.17) is 4.74 Å². The van der Waals surface area contributed by atoms with Gasteiger partial charge >= 0.3 is 0 Å². The standard InChI is InChI=1S/C26H26IN2OS/c1-4-30-22-14-15-24-25(16-22)31-26(29(24)18-27)17-23(19-8-6-5-7-9-19)20-10-12-21(13-11-20)28(2)3/h5-17H,4,18H2,1-3H3/q+1. The van der Waals surface area contributed by atoms with Gasteiger partial charge in [0.25, 0.3) is 5.01 Å². The van der Waals surface area contributed by atoms with E-state index >= 15 is 0 Å². The average molecular weight is 541 g/mol. The largest absolute Gasteiger partial charge is 0.494 e. The van der Waals surface area contributed by atoms with Gasteiger partial charge in [-0.05, 0) is 64.4 Å². The molecular formula is C26H26IN2OS+. The third-order valence-corrected chi connectivity index (χ3v) is 6.96. The first kappa shape index (κ1) is 21.8. The van der Waals surface area contributed by atoms with Gasteiger partial charge in [0, 0.05) is 38.0 Å². The molecule has 0 unspecified atom stereocenters. The molecule has 158 valence electrons. The maximum atomic E-state index is 5.72. The number of fused-ring (bicyclic) bond motifs is 1. The quantitative estimate of drug-likeness (QED) is 0.148. The SMILES string of the molecule is CCOc1ccc2c(c1)sc(/C=C(\c1ccccc1)c1ccc(N(C)C)cc1)[n+]2CI. The van der Waals surface area contributed by atoms with Crippen LogP contribution >= 0.6 is 33.9 Å². The van der Waals surface area contributed by atoms with Crippen LogP contribution in [-0.2, 0) is 4.55 Å². The van der Waals surface area contributed by atoms with E-state index in [0.29, 0.717) is 6.61 Å². The van der Waals surface area contributed by atoms with Crippen LogP contribution in [0.3, 0.4) is 0 Å². The van der Waals surface area contributed by atoms with Gasteiger partial charge in [-0.2, -0.15) is 4.57 Å². The number of benzene rings is 3. The van der Waals surface area contributed by atoms with Gasteiger partial charge in [0.1, 0.15) is 10.4 Å². The molecule has 0 fully saturated rings. The van der Waals surface area contributed by atoms with Gasteiger partial charge in [-0.15, -0.1) is 0 Å². The van der Waals surface area contributed by atoms with Crippen molar-refractivity contribution in [1.82, 2.24) is 0 Å². The zero-order valence-electron chi connectivity index (χ0n) is 18.0. The topological polar surface area (TPSA) is 16.4 Å². The van der Waals surface area contributed by atoms with Gasteiger partial charge in [-0.25, -0.2) is 0 Å². The molecule has 0 aliphatic carbocycles. The number of aromatic nitrogens is 1. The summed E-state index contributed by atoms with van der Waals surface area (Å²) in [6.07, 6.45) is 2.32. The number of hydrogen-bond donors (Lipinski definition) is 0. The predicted molar refractivity (Wildman–Crippen MR) is 141 cm³/mol. The van der Waals surface area contributed by atoms with E-state index in [0.717, 1.165) is 10.3 Å². The molecule has 0 saturated heterocycles. The lowest BCUT2D eigenvalue weighted by Crippen LogP contribution is -2.32. The van der Waals surface area contributed by atoms with Crippen LogP contribution in [0, 0.1) is 0 Å². The monoisotopic (exact) mass is 541 g/mol. The molecule has 4 rings (SSSR count). The fourth-order valence-electron chi connectivity index (χ4n) is 3.59. The first-order valence-electron chi connectivity index (χ1n) is 10.3. The van der Waals surface area contributed by atoms with Crippen molar-refractivity contribution in [1.29, 1.82) is 0 Å². The van der Waals surface area contributed by atoms with Gasteiger partial charge in [0.05, 0.1) is 6.61 Å². The number of rotatable bonds is 7. The summed E-state index contributed by atoms with van der Waals surface area (Å²) >= 11 is 4.25. The minimum absolute atomic E-state index is 0.678. The molecule has 1 aromatic heterocycles. The van der Waals surface area contributed by atoms with Crippen molar-refractivity contribution in [2.45, 2.75) is 11.5 Å². The van der Waals surface area contributed by atoms with Crippen LogP contribution in [0.1, 0.15) is 23.1 Å². The van der Waals surface area contributed by atoms with Crippen LogP contribution in [0.4, 0.5) is 5.69 Å². The number of nitrogens with zero attached hydrogens (tertiary/aromatic N) is 2. The Bertz CT molecular complexity index is 1200. The van der Waals surface area contributed by atoms with Crippen molar-refractivity contribution >= 4 is 61.5 Å². The van der Waals surface area contributed by atoms with Crippen molar-refractivity contribution in [3.8, 4) is 5.75 Å². The number of hydrogen-bond acceptors (Lipinski definition) is 3. The van der Waals surface area contributed by atoms with E-state index in [1.807, 2.05) is 18.3 Å². The summed E-state index contributed by atoms with van der Waals surface area (Å²) in [7, 11) is 4.14. The molecule has 1 heterocycles. The lowest BCUT2D eigenvalue weighted by molar-refractivity contribution is -0.641. The summed E-state index contributed by atoms with van der Waals surface area (Å²) in [6.45, 7) is 2.70. The molecule has 0 aliphatic heterocycles. The van der Waals surface area contributed by atoms with E-state index in [1.165, 1.54) is 37.6 Å². The Hall–Kier alpha value is -2.38. The van der Waals surface area contributed by atoms with Crippen LogP contribution in [0.2, 0.25) is 0 Å². The van der Waals surface area contributed by atoms with Crippen molar-refractivity contribution in [2.24, 2.45) is 0 Å². The fourth-order valence-corrected chi connectivity index (χ4v) is 5.69. The molecule has 0 spiro atoms. The Balaban J connectivity index is 1.86. The molecule has 0 atom stereocenters. The highest BCUT2D eigenvalue weighted by molar-refractivity contribution is 14.1. The van der Waals surface area contributed by atoms with Gasteiger partial charge in [0.2, 0.25) is 5.52 Å². The van der Waals surface area contributed by atoms with E-state index in [2.05, 4.69) is 125 Å². The Morgan fingerprint density at radius 2 is 1.71 bits per heavy atom. The second-order valence-corrected chi connectivity index (χ2v) is 9.16. The third-order valence-electron chi connectivity index (χ3n) is 5.18. The summed E-state index contributed by atoms with van der Waals surface area (Å²) in [5.74, 6) is 0.926. The van der Waals surface area contributed by atoms with Crippen LogP contribution in [0.15, 0.2) is 72.8 Å². The molecule has 31 heavy (non-hydrogen) atoms. The van der Waals surface area contributed by atoms with E-state index < -0.39 is 0 Å². The first-order chi connectivity index (χ1) is 15.1. The van der Waals surface area contributed by atoms with Gasteiger partial charge < -0.3 is 9.64 Å². The Kier molecular flexibility index (Phi) is 6.92. The van der Waals surface area contributed by atoms with Crippen LogP contribution in [-0.4, -0.2) is 20.7 Å². The molecule has 0 aliphatic rings. The van der Waals surface area contributed by atoms with Gasteiger partial charge in [0.15, 0.2) is 4.55 Å². The lowest BCUT2D eigenvalue weighted by atomic mass is 9.97. The molecule has 0 N–H and O–H groups in total. The summed E-state index contributed by atoms with van der Waals surface area (Å²) in [6, 6.07) is 25.8. The van der Waals surface area contributed by atoms with E-state index in [9.17, 15) is 0 Å². The smallest absolute Gasteiger partial charge is 0.264 e. The van der Waals surface area contributed by atoms with Crippen molar-refractivity contribution in [3.05, 3.63) is 88.9 Å². The Morgan fingerprint density at radius 3 is 2.35 bits per heavy atom. The molecule has 3 nitrogen and oxygen atoms in total. The molecule has 0 amide bonds. The zero-order chi connectivity index (χ0) is 21.8. The first-order valence-corrected chi connectivity index (χ1v) is 12.6. The second-order valence-electron chi connectivity index (χ2n) is 7.42. The summed E-state index contributed by atoms with van der Waals surface area (Å²) < 4.78 is 10.2. The minimum Gasteiger partial charge on any atom is -0.494 e. The number of alkyl halides is 1. The molecule has 3 aromatic carbocycles. The number of thiazole rings is 1. The maximum Gasteiger partial charge on any atom is 0.264 e. The number of anilines is 1. The summed E-state index contributed by atoms with van der Waals surface area (Å²) in [5.41, 5.74) is 6.09. The van der Waals surface area contributed by atoms with E-state index in [1.54, 1.807) is 0 Å². The minimum atomic E-state index is 0.678. The van der Waals surface area contributed by atoms with Gasteiger partial charge in [-0.3, -0.25) is 0 Å². The summed E-state index contributed by atoms with van der Waals surface area (Å²) in [4.78, 5) is 2.13.